The third kappa shape index (κ3) is 2.73. The maximum Gasteiger partial charge on any atom is 0.119 e. The van der Waals surface area contributed by atoms with E-state index in [0.29, 0.717) is 6.42 Å². The Bertz CT molecular complexity index is 947. The van der Waals surface area contributed by atoms with Crippen LogP contribution in [0.4, 0.5) is 0 Å². The second-order valence-corrected chi connectivity index (χ2v) is 6.89. The maximum absolute atomic E-state index is 11.4. The number of phenols is 1. The Morgan fingerprint density at radius 3 is 1.96 bits per heavy atom. The number of ether oxygens (including phenoxy) is 2. The molecule has 138 valence electrons. The number of hydrogen-bond acceptors (Lipinski definition) is 4. The highest BCUT2D eigenvalue weighted by Crippen LogP contribution is 2.52. The summed E-state index contributed by atoms with van der Waals surface area (Å²) in [6.45, 7) is 0. The topological polar surface area (TPSA) is 58.9 Å². The second kappa shape index (κ2) is 6.63. The summed E-state index contributed by atoms with van der Waals surface area (Å²) in [5.41, 5.74) is 3.27. The van der Waals surface area contributed by atoms with Crippen molar-refractivity contribution >= 4 is 0 Å². The van der Waals surface area contributed by atoms with Crippen LogP contribution in [0.15, 0.2) is 66.7 Å². The lowest BCUT2D eigenvalue weighted by atomic mass is 9.70. The number of rotatable bonds is 4. The van der Waals surface area contributed by atoms with E-state index in [-0.39, 0.29) is 5.75 Å². The minimum Gasteiger partial charge on any atom is -0.508 e. The molecule has 0 bridgehead atoms. The molecular formula is C23H22O4. The Balaban J connectivity index is 1.90. The minimum atomic E-state index is -0.712. The van der Waals surface area contributed by atoms with Crippen LogP contribution in [-0.4, -0.2) is 24.4 Å². The van der Waals surface area contributed by atoms with Crippen molar-refractivity contribution in [1.29, 1.82) is 0 Å². The molecule has 27 heavy (non-hydrogen) atoms. The number of benzene rings is 3. The molecule has 2 atom stereocenters. The zero-order chi connectivity index (χ0) is 19.0. The lowest BCUT2D eigenvalue weighted by molar-refractivity contribution is 0.117. The molecular weight excluding hydrogens is 340 g/mol. The number of aliphatic hydroxyl groups is 1. The maximum atomic E-state index is 11.4. The van der Waals surface area contributed by atoms with Crippen molar-refractivity contribution in [3.63, 3.8) is 0 Å². The highest BCUT2D eigenvalue weighted by atomic mass is 16.5. The molecule has 4 nitrogen and oxygen atoms in total. The summed E-state index contributed by atoms with van der Waals surface area (Å²) in [7, 11) is 3.28. The normalized spacial score (nSPS) is 20.9. The Hall–Kier alpha value is -2.98. The molecule has 2 N–H and O–H groups in total. The Labute approximate surface area is 158 Å². The van der Waals surface area contributed by atoms with Crippen molar-refractivity contribution in [3.05, 3.63) is 89.0 Å². The number of fused-ring (bicyclic) bond motifs is 1. The summed E-state index contributed by atoms with van der Waals surface area (Å²) in [4.78, 5) is 0. The van der Waals surface area contributed by atoms with Gasteiger partial charge in [0.15, 0.2) is 0 Å². The molecule has 0 aromatic heterocycles. The fraction of sp³-hybridized carbons (Fsp3) is 0.217. The average Bonchev–Trinajstić information content (AvgIpc) is 3.01. The van der Waals surface area contributed by atoms with Gasteiger partial charge in [-0.05, 0) is 65.1 Å². The molecule has 0 saturated heterocycles. The van der Waals surface area contributed by atoms with Gasteiger partial charge in [-0.15, -0.1) is 0 Å². The van der Waals surface area contributed by atoms with Gasteiger partial charge in [-0.1, -0.05) is 30.3 Å². The molecule has 3 aromatic rings. The number of phenolic OH excluding ortho intramolecular Hbond substituents is 1. The largest absolute Gasteiger partial charge is 0.508 e. The van der Waals surface area contributed by atoms with E-state index in [2.05, 4.69) is 0 Å². The van der Waals surface area contributed by atoms with Gasteiger partial charge in [0, 0.05) is 0 Å². The van der Waals surface area contributed by atoms with Crippen LogP contribution in [0.2, 0.25) is 0 Å². The first-order valence-electron chi connectivity index (χ1n) is 8.87. The molecule has 3 aromatic carbocycles. The standard InChI is InChI=1S/C23H22O4/c1-26-19-9-5-17(6-10-19)23(16-3-7-18(24)8-4-16)14-15-13-20(27-2)11-12-21(15)22(23)25/h3-13,22,24-25H,14H2,1-2H3. The molecule has 4 heteroatoms. The predicted octanol–water partition coefficient (Wildman–Crippen LogP) is 3.99. The first kappa shape index (κ1) is 17.4. The molecule has 0 radical (unpaired) electrons. The SMILES string of the molecule is COc1ccc(C2(c3ccc(O)cc3)Cc3cc(OC)ccc3C2O)cc1. The van der Waals surface area contributed by atoms with Gasteiger partial charge in [-0.3, -0.25) is 0 Å². The molecule has 0 saturated carbocycles. The predicted molar refractivity (Wildman–Crippen MR) is 104 cm³/mol. The first-order valence-corrected chi connectivity index (χ1v) is 8.87. The van der Waals surface area contributed by atoms with E-state index in [1.807, 2.05) is 54.6 Å². The van der Waals surface area contributed by atoms with E-state index in [0.717, 1.165) is 33.8 Å². The summed E-state index contributed by atoms with van der Waals surface area (Å²) in [5.74, 6) is 1.75. The highest BCUT2D eigenvalue weighted by Gasteiger charge is 2.48. The highest BCUT2D eigenvalue weighted by molar-refractivity contribution is 5.54. The lowest BCUT2D eigenvalue weighted by Crippen LogP contribution is -2.32. The molecule has 0 heterocycles. The van der Waals surface area contributed by atoms with Crippen molar-refractivity contribution < 1.29 is 19.7 Å². The van der Waals surface area contributed by atoms with Gasteiger partial charge in [0.05, 0.1) is 25.7 Å². The van der Waals surface area contributed by atoms with E-state index < -0.39 is 11.5 Å². The summed E-state index contributed by atoms with van der Waals surface area (Å²) in [6, 6.07) is 20.7. The third-order valence-corrected chi connectivity index (χ3v) is 5.57. The van der Waals surface area contributed by atoms with E-state index in [4.69, 9.17) is 9.47 Å². The van der Waals surface area contributed by atoms with Gasteiger partial charge >= 0.3 is 0 Å². The van der Waals surface area contributed by atoms with Gasteiger partial charge in [-0.25, -0.2) is 0 Å². The van der Waals surface area contributed by atoms with Crippen molar-refractivity contribution in [1.82, 2.24) is 0 Å². The lowest BCUT2D eigenvalue weighted by Gasteiger charge is -2.34. The van der Waals surface area contributed by atoms with E-state index in [1.54, 1.807) is 26.4 Å². The number of hydrogen-bond donors (Lipinski definition) is 2. The Kier molecular flexibility index (Phi) is 4.28. The third-order valence-electron chi connectivity index (χ3n) is 5.57. The van der Waals surface area contributed by atoms with Gasteiger partial charge in [-0.2, -0.15) is 0 Å². The molecule has 4 rings (SSSR count). The summed E-state index contributed by atoms with van der Waals surface area (Å²) < 4.78 is 10.7. The van der Waals surface area contributed by atoms with Gasteiger partial charge < -0.3 is 19.7 Å². The molecule has 0 spiro atoms. The number of aromatic hydroxyl groups is 1. The van der Waals surface area contributed by atoms with Gasteiger partial charge in [0.1, 0.15) is 17.2 Å². The van der Waals surface area contributed by atoms with Crippen molar-refractivity contribution in [3.8, 4) is 17.2 Å². The zero-order valence-corrected chi connectivity index (χ0v) is 15.3. The molecule has 0 amide bonds. The summed E-state index contributed by atoms with van der Waals surface area (Å²) >= 11 is 0. The van der Waals surface area contributed by atoms with Crippen LogP contribution in [0.3, 0.4) is 0 Å². The Morgan fingerprint density at radius 2 is 1.37 bits per heavy atom. The molecule has 0 aliphatic heterocycles. The van der Waals surface area contributed by atoms with Gasteiger partial charge in [0.25, 0.3) is 0 Å². The van der Waals surface area contributed by atoms with Crippen LogP contribution in [0.25, 0.3) is 0 Å². The van der Waals surface area contributed by atoms with E-state index >= 15 is 0 Å². The van der Waals surface area contributed by atoms with Crippen molar-refractivity contribution in [2.45, 2.75) is 17.9 Å². The van der Waals surface area contributed by atoms with Crippen molar-refractivity contribution in [2.24, 2.45) is 0 Å². The van der Waals surface area contributed by atoms with Crippen LogP contribution in [0.1, 0.15) is 28.4 Å². The smallest absolute Gasteiger partial charge is 0.119 e. The fourth-order valence-corrected chi connectivity index (χ4v) is 4.13. The van der Waals surface area contributed by atoms with Crippen LogP contribution >= 0.6 is 0 Å². The van der Waals surface area contributed by atoms with Gasteiger partial charge in [0.2, 0.25) is 0 Å². The van der Waals surface area contributed by atoms with Crippen LogP contribution < -0.4 is 9.47 Å². The average molecular weight is 362 g/mol. The summed E-state index contributed by atoms with van der Waals surface area (Å²) in [5, 5.41) is 21.2. The van der Waals surface area contributed by atoms with Crippen molar-refractivity contribution in [2.75, 3.05) is 14.2 Å². The van der Waals surface area contributed by atoms with Crippen LogP contribution in [-0.2, 0) is 11.8 Å². The first-order chi connectivity index (χ1) is 13.1. The Morgan fingerprint density at radius 1 is 0.815 bits per heavy atom. The second-order valence-electron chi connectivity index (χ2n) is 6.89. The van der Waals surface area contributed by atoms with E-state index in [9.17, 15) is 10.2 Å². The minimum absolute atomic E-state index is 0.204. The quantitative estimate of drug-likeness (QED) is 0.737. The molecule has 0 fully saturated rings. The molecule has 1 aliphatic rings. The monoisotopic (exact) mass is 362 g/mol. The number of aliphatic hydroxyl groups excluding tert-OH is 1. The summed E-state index contributed by atoms with van der Waals surface area (Å²) in [6.07, 6.45) is -0.0750. The van der Waals surface area contributed by atoms with E-state index in [1.165, 1.54) is 0 Å². The molecule has 2 unspecified atom stereocenters. The number of methoxy groups -OCH3 is 2. The fourth-order valence-electron chi connectivity index (χ4n) is 4.13. The van der Waals surface area contributed by atoms with Crippen LogP contribution in [0.5, 0.6) is 17.2 Å². The zero-order valence-electron chi connectivity index (χ0n) is 15.3. The molecule has 1 aliphatic carbocycles. The van der Waals surface area contributed by atoms with Crippen LogP contribution in [0, 0.1) is 0 Å².